The van der Waals surface area contributed by atoms with Gasteiger partial charge in [-0.3, -0.25) is 19.3 Å². The van der Waals surface area contributed by atoms with Crippen LogP contribution >= 0.6 is 11.3 Å². The lowest BCUT2D eigenvalue weighted by molar-refractivity contribution is -0.134. The van der Waals surface area contributed by atoms with Gasteiger partial charge < -0.3 is 15.4 Å². The first kappa shape index (κ1) is 40.7. The Morgan fingerprint density at radius 3 is 2.00 bits per heavy atom. The van der Waals surface area contributed by atoms with Crippen molar-refractivity contribution < 1.29 is 19.1 Å². The maximum atomic E-state index is 12.7. The molecule has 0 bridgehead atoms. The first-order valence-electron chi connectivity index (χ1n) is 19.6. The smallest absolute Gasteiger partial charge is 0.312 e. The lowest BCUT2D eigenvalue weighted by Gasteiger charge is -2.35. The number of benzene rings is 1. The average molecular weight is 696 g/mol. The molecule has 1 atom stereocenters. The zero-order valence-corrected chi connectivity index (χ0v) is 31.5. The number of amides is 2. The number of rotatable bonds is 27. The number of carbonyl (C=O) groups excluding carboxylic acids is 3. The molecule has 2 aromatic rings. The Labute approximate surface area is 301 Å². The number of nitrogens with zero attached hydrogens (tertiary/aromatic N) is 1. The van der Waals surface area contributed by atoms with Gasteiger partial charge in [-0.25, -0.2) is 0 Å². The number of esters is 1. The van der Waals surface area contributed by atoms with Crippen LogP contribution < -0.4 is 15.4 Å². The Morgan fingerprint density at radius 1 is 0.776 bits per heavy atom. The average Bonchev–Trinajstić information content (AvgIpc) is 3.62. The highest BCUT2D eigenvalue weighted by Crippen LogP contribution is 2.32. The maximum absolute atomic E-state index is 12.7. The van der Waals surface area contributed by atoms with E-state index in [4.69, 9.17) is 4.74 Å². The monoisotopic (exact) mass is 695 g/mol. The molecule has 3 rings (SSSR count). The van der Waals surface area contributed by atoms with Gasteiger partial charge >= 0.3 is 5.97 Å². The number of nitrogens with one attached hydrogen (secondary N) is 2. The van der Waals surface area contributed by atoms with Gasteiger partial charge in [-0.2, -0.15) is 0 Å². The topological polar surface area (TPSA) is 87.7 Å². The fourth-order valence-corrected chi connectivity index (χ4v) is 7.70. The number of hydrogen-bond donors (Lipinski definition) is 2. The third-order valence-electron chi connectivity index (χ3n) is 9.72. The zero-order valence-electron chi connectivity index (χ0n) is 30.7. The van der Waals surface area contributed by atoms with E-state index in [2.05, 4.69) is 46.0 Å². The van der Waals surface area contributed by atoms with E-state index in [1.807, 2.05) is 30.4 Å². The van der Waals surface area contributed by atoms with Crippen molar-refractivity contribution in [1.82, 2.24) is 15.5 Å². The van der Waals surface area contributed by atoms with Crippen molar-refractivity contribution in [2.45, 2.75) is 155 Å². The van der Waals surface area contributed by atoms with Crippen LogP contribution in [0, 0.1) is 0 Å². The van der Waals surface area contributed by atoms with E-state index in [0.29, 0.717) is 31.2 Å². The molecular formula is C41H65N3O4S. The van der Waals surface area contributed by atoms with Crippen molar-refractivity contribution in [3.63, 3.8) is 0 Å². The van der Waals surface area contributed by atoms with Crippen molar-refractivity contribution in [1.29, 1.82) is 0 Å². The minimum atomic E-state index is -0.285. The third kappa shape index (κ3) is 17.2. The van der Waals surface area contributed by atoms with Crippen LogP contribution in [0.25, 0.3) is 0 Å². The van der Waals surface area contributed by atoms with Crippen LogP contribution in [-0.2, 0) is 33.6 Å². The van der Waals surface area contributed by atoms with Crippen molar-refractivity contribution >= 4 is 29.1 Å². The van der Waals surface area contributed by atoms with E-state index in [0.717, 1.165) is 77.4 Å². The molecule has 1 aliphatic rings. The summed E-state index contributed by atoms with van der Waals surface area (Å²) < 4.78 is 5.82. The van der Waals surface area contributed by atoms with Crippen molar-refractivity contribution in [2.24, 2.45) is 0 Å². The van der Waals surface area contributed by atoms with E-state index in [1.165, 1.54) is 73.8 Å². The minimum Gasteiger partial charge on any atom is -0.426 e. The number of unbranched alkanes of at least 4 members (excludes halogenated alkanes) is 12. The molecule has 274 valence electrons. The van der Waals surface area contributed by atoms with Crippen LogP contribution in [0.4, 0.5) is 0 Å². The van der Waals surface area contributed by atoms with Gasteiger partial charge in [0.15, 0.2) is 0 Å². The Kier molecular flexibility index (Phi) is 21.0. The van der Waals surface area contributed by atoms with Crippen LogP contribution in [0.5, 0.6) is 5.75 Å². The summed E-state index contributed by atoms with van der Waals surface area (Å²) >= 11 is 1.84. The number of fused-ring (bicyclic) bond motifs is 1. The third-order valence-corrected chi connectivity index (χ3v) is 10.7. The van der Waals surface area contributed by atoms with Gasteiger partial charge in [-0.05, 0) is 87.1 Å². The van der Waals surface area contributed by atoms with E-state index in [-0.39, 0.29) is 24.2 Å². The second kappa shape index (κ2) is 25.3. The number of carbonyl (C=O) groups is 3. The lowest BCUT2D eigenvalue weighted by atomic mass is 9.86. The number of hydrogen-bond acceptors (Lipinski definition) is 6. The van der Waals surface area contributed by atoms with Gasteiger partial charge in [0.2, 0.25) is 11.8 Å². The van der Waals surface area contributed by atoms with Gasteiger partial charge in [0, 0.05) is 43.4 Å². The van der Waals surface area contributed by atoms with E-state index >= 15 is 0 Å². The van der Waals surface area contributed by atoms with Gasteiger partial charge in [0.25, 0.3) is 0 Å². The quantitative estimate of drug-likeness (QED) is 0.0554. The Bertz CT molecular complexity index is 1200. The summed E-state index contributed by atoms with van der Waals surface area (Å²) in [5.74, 6) is 0.614. The Hall–Kier alpha value is -2.71. The van der Waals surface area contributed by atoms with Crippen molar-refractivity contribution in [2.75, 3.05) is 26.2 Å². The fourth-order valence-electron chi connectivity index (χ4n) is 7.00. The molecule has 0 aliphatic heterocycles. The van der Waals surface area contributed by atoms with Crippen LogP contribution in [0.3, 0.4) is 0 Å². The molecule has 1 unspecified atom stereocenters. The molecule has 49 heavy (non-hydrogen) atoms. The highest BCUT2D eigenvalue weighted by Gasteiger charge is 2.26. The molecule has 0 spiro atoms. The second-order valence-corrected chi connectivity index (χ2v) is 14.8. The molecule has 1 aromatic heterocycles. The largest absolute Gasteiger partial charge is 0.426 e. The normalized spacial score (nSPS) is 14.1. The van der Waals surface area contributed by atoms with Crippen LogP contribution in [0.2, 0.25) is 0 Å². The van der Waals surface area contributed by atoms with E-state index in [9.17, 15) is 14.4 Å². The molecule has 2 N–H and O–H groups in total. The molecule has 1 heterocycles. The summed E-state index contributed by atoms with van der Waals surface area (Å²) in [5, 5.41) is 7.92. The fraction of sp³-hybridized carbons (Fsp3) is 0.683. The highest BCUT2D eigenvalue weighted by atomic mass is 32.1. The summed E-state index contributed by atoms with van der Waals surface area (Å²) in [5.41, 5.74) is 2.46. The molecular weight excluding hydrogens is 631 g/mol. The van der Waals surface area contributed by atoms with Crippen LogP contribution in [-0.4, -0.2) is 54.9 Å². The van der Waals surface area contributed by atoms with Gasteiger partial charge in [0.1, 0.15) is 5.75 Å². The molecule has 1 aliphatic carbocycles. The predicted molar refractivity (Wildman–Crippen MR) is 203 cm³/mol. The summed E-state index contributed by atoms with van der Waals surface area (Å²) in [4.78, 5) is 40.5. The molecule has 0 radical (unpaired) electrons. The molecule has 0 fully saturated rings. The molecule has 8 heteroatoms. The molecule has 0 saturated heterocycles. The SMILES string of the molecule is CCCN(CCc1cccs1)C1CCc2c(cccc2OC(=O)CCNC(=O)CCCCCCCCCCCCCCCC(=O)NCC)C1. The predicted octanol–water partition coefficient (Wildman–Crippen LogP) is 8.96. The van der Waals surface area contributed by atoms with Gasteiger partial charge in [-0.15, -0.1) is 11.3 Å². The lowest BCUT2D eigenvalue weighted by Crippen LogP contribution is -2.41. The zero-order chi connectivity index (χ0) is 34.9. The van der Waals surface area contributed by atoms with Gasteiger partial charge in [0.05, 0.1) is 6.42 Å². The van der Waals surface area contributed by atoms with Crippen LogP contribution in [0.1, 0.15) is 145 Å². The summed E-state index contributed by atoms with van der Waals surface area (Å²) in [7, 11) is 0. The molecule has 2 amide bonds. The van der Waals surface area contributed by atoms with Gasteiger partial charge in [-0.1, -0.05) is 95.8 Å². The summed E-state index contributed by atoms with van der Waals surface area (Å²) in [6.07, 6.45) is 22.2. The first-order valence-corrected chi connectivity index (χ1v) is 20.5. The Balaban J connectivity index is 1.18. The van der Waals surface area contributed by atoms with Crippen molar-refractivity contribution in [3.8, 4) is 5.75 Å². The standard InChI is InChI=1S/C41H65N3O4S/c1-3-30-44(31-28-36-21-19-32-49-36)35-25-26-37-34(33-35)20-18-22-38(37)48-41(47)27-29-43-40(46)24-17-15-13-11-9-7-5-6-8-10-12-14-16-23-39(45)42-4-2/h18-22,32,35H,3-17,23-31,33H2,1-2H3,(H,42,45)(H,43,46). The van der Waals surface area contributed by atoms with Crippen LogP contribution in [0.15, 0.2) is 35.7 Å². The molecule has 7 nitrogen and oxygen atoms in total. The number of ether oxygens (including phenoxy) is 1. The van der Waals surface area contributed by atoms with E-state index in [1.54, 1.807) is 0 Å². The minimum absolute atomic E-state index is 0.0240. The Morgan fingerprint density at radius 2 is 1.41 bits per heavy atom. The molecule has 0 saturated carbocycles. The van der Waals surface area contributed by atoms with Crippen molar-refractivity contribution in [3.05, 3.63) is 51.7 Å². The highest BCUT2D eigenvalue weighted by molar-refractivity contribution is 7.09. The van der Waals surface area contributed by atoms with E-state index < -0.39 is 0 Å². The molecule has 1 aromatic carbocycles. The second-order valence-electron chi connectivity index (χ2n) is 13.8. The number of thiophene rings is 1. The first-order chi connectivity index (χ1) is 24.0. The summed E-state index contributed by atoms with van der Waals surface area (Å²) in [6, 6.07) is 11.0. The summed E-state index contributed by atoms with van der Waals surface area (Å²) in [6.45, 7) is 7.46. The maximum Gasteiger partial charge on any atom is 0.312 e.